The van der Waals surface area contributed by atoms with Gasteiger partial charge in [-0.2, -0.15) is 5.10 Å². The molecule has 0 unspecified atom stereocenters. The minimum absolute atomic E-state index is 0.102. The average molecular weight is 292 g/mol. The first-order valence-corrected chi connectivity index (χ1v) is 8.12. The number of hydrogen-bond donors (Lipinski definition) is 0. The zero-order valence-corrected chi connectivity index (χ0v) is 13.9. The van der Waals surface area contributed by atoms with Crippen LogP contribution >= 0.6 is 0 Å². The molecule has 2 rings (SSSR count). The Balaban J connectivity index is 2.18. The third-order valence-electron chi connectivity index (χ3n) is 4.37. The zero-order valence-electron chi connectivity index (χ0n) is 13.9. The Kier molecular flexibility index (Phi) is 5.39. The molecule has 1 aliphatic heterocycles. The number of piperazine rings is 1. The maximum atomic E-state index is 12.7. The van der Waals surface area contributed by atoms with E-state index in [9.17, 15) is 4.79 Å². The summed E-state index contributed by atoms with van der Waals surface area (Å²) in [6.45, 7) is 10.8. The molecule has 5 heteroatoms. The van der Waals surface area contributed by atoms with E-state index in [1.54, 1.807) is 0 Å². The van der Waals surface area contributed by atoms with Crippen LogP contribution in [0, 0.1) is 6.92 Å². The number of aromatic nitrogens is 2. The van der Waals surface area contributed by atoms with Crippen molar-refractivity contribution in [1.82, 2.24) is 19.6 Å². The Morgan fingerprint density at radius 3 is 2.43 bits per heavy atom. The Morgan fingerprint density at radius 1 is 1.19 bits per heavy atom. The molecule has 21 heavy (non-hydrogen) atoms. The molecule has 0 spiro atoms. The molecule has 0 radical (unpaired) electrons. The van der Waals surface area contributed by atoms with Crippen LogP contribution < -0.4 is 0 Å². The molecule has 1 aliphatic rings. The molecular weight excluding hydrogens is 264 g/mol. The number of likely N-dealkylation sites (N-methyl/N-ethyl adjacent to an activating group) is 1. The highest BCUT2D eigenvalue weighted by Crippen LogP contribution is 2.17. The van der Waals surface area contributed by atoms with Crippen LogP contribution in [0.15, 0.2) is 0 Å². The van der Waals surface area contributed by atoms with Gasteiger partial charge in [0.2, 0.25) is 0 Å². The van der Waals surface area contributed by atoms with Crippen LogP contribution in [-0.2, 0) is 13.0 Å². The number of carbonyl (C=O) groups excluding carboxylic acids is 1. The first-order valence-electron chi connectivity index (χ1n) is 8.12. The number of amides is 1. The standard InChI is InChI=1S/C16H28N4O/c1-5-7-8-20-14(6-2)13(3)15(17-20)16(21)19-11-9-18(4)10-12-19/h5-12H2,1-4H3. The van der Waals surface area contributed by atoms with Gasteiger partial charge in [-0.1, -0.05) is 20.3 Å². The minimum atomic E-state index is 0.102. The SMILES string of the molecule is CCCCn1nc(C(=O)N2CCN(C)CC2)c(C)c1CC. The topological polar surface area (TPSA) is 41.4 Å². The van der Waals surface area contributed by atoms with E-state index in [0.29, 0.717) is 5.69 Å². The van der Waals surface area contributed by atoms with Gasteiger partial charge in [-0.25, -0.2) is 0 Å². The highest BCUT2D eigenvalue weighted by atomic mass is 16.2. The number of unbranched alkanes of at least 4 members (excludes halogenated alkanes) is 1. The highest BCUT2D eigenvalue weighted by molar-refractivity contribution is 5.94. The molecule has 0 N–H and O–H groups in total. The second-order valence-electron chi connectivity index (χ2n) is 5.95. The maximum Gasteiger partial charge on any atom is 0.274 e. The van der Waals surface area contributed by atoms with E-state index in [2.05, 4.69) is 30.9 Å². The molecule has 2 heterocycles. The van der Waals surface area contributed by atoms with Gasteiger partial charge in [0.05, 0.1) is 0 Å². The lowest BCUT2D eigenvalue weighted by molar-refractivity contribution is 0.0656. The van der Waals surface area contributed by atoms with Crippen molar-refractivity contribution in [2.75, 3.05) is 33.2 Å². The minimum Gasteiger partial charge on any atom is -0.335 e. The number of carbonyl (C=O) groups is 1. The van der Waals surface area contributed by atoms with Gasteiger partial charge in [-0.3, -0.25) is 9.48 Å². The zero-order chi connectivity index (χ0) is 15.4. The molecule has 0 bridgehead atoms. The average Bonchev–Trinajstić information content (AvgIpc) is 2.81. The molecule has 1 saturated heterocycles. The molecule has 1 fully saturated rings. The van der Waals surface area contributed by atoms with E-state index in [1.165, 1.54) is 5.69 Å². The second-order valence-corrected chi connectivity index (χ2v) is 5.95. The van der Waals surface area contributed by atoms with E-state index in [1.807, 2.05) is 16.5 Å². The van der Waals surface area contributed by atoms with Gasteiger partial charge in [0.1, 0.15) is 0 Å². The van der Waals surface area contributed by atoms with Crippen molar-refractivity contribution in [3.8, 4) is 0 Å². The predicted octanol–water partition coefficient (Wildman–Crippen LogP) is 1.94. The second kappa shape index (κ2) is 7.07. The van der Waals surface area contributed by atoms with Gasteiger partial charge >= 0.3 is 0 Å². The first kappa shape index (κ1) is 16.0. The molecule has 118 valence electrons. The number of rotatable bonds is 5. The monoisotopic (exact) mass is 292 g/mol. The van der Waals surface area contributed by atoms with Crippen molar-refractivity contribution in [2.45, 2.75) is 46.6 Å². The Labute approximate surface area is 127 Å². The predicted molar refractivity (Wildman–Crippen MR) is 84.7 cm³/mol. The van der Waals surface area contributed by atoms with Crippen LogP contribution in [0.25, 0.3) is 0 Å². The van der Waals surface area contributed by atoms with E-state index >= 15 is 0 Å². The Morgan fingerprint density at radius 2 is 1.86 bits per heavy atom. The normalized spacial score (nSPS) is 16.5. The number of nitrogens with zero attached hydrogens (tertiary/aromatic N) is 4. The smallest absolute Gasteiger partial charge is 0.274 e. The lowest BCUT2D eigenvalue weighted by Gasteiger charge is -2.32. The van der Waals surface area contributed by atoms with Crippen molar-refractivity contribution < 1.29 is 4.79 Å². The van der Waals surface area contributed by atoms with E-state index < -0.39 is 0 Å². The molecule has 0 saturated carbocycles. The fraction of sp³-hybridized carbons (Fsp3) is 0.750. The maximum absolute atomic E-state index is 12.7. The van der Waals surface area contributed by atoms with Gasteiger partial charge in [0, 0.05) is 44.0 Å². The van der Waals surface area contributed by atoms with Crippen LogP contribution in [0.5, 0.6) is 0 Å². The highest BCUT2D eigenvalue weighted by Gasteiger charge is 2.25. The van der Waals surface area contributed by atoms with E-state index in [-0.39, 0.29) is 5.91 Å². The van der Waals surface area contributed by atoms with Crippen LogP contribution in [0.3, 0.4) is 0 Å². The first-order chi connectivity index (χ1) is 10.1. The molecule has 1 aromatic heterocycles. The summed E-state index contributed by atoms with van der Waals surface area (Å²) in [5.74, 6) is 0.102. The van der Waals surface area contributed by atoms with E-state index in [4.69, 9.17) is 0 Å². The lowest BCUT2D eigenvalue weighted by Crippen LogP contribution is -2.47. The van der Waals surface area contributed by atoms with Crippen molar-refractivity contribution >= 4 is 5.91 Å². The fourth-order valence-electron chi connectivity index (χ4n) is 2.89. The molecule has 1 amide bonds. The summed E-state index contributed by atoms with van der Waals surface area (Å²) < 4.78 is 2.04. The number of aryl methyl sites for hydroxylation is 1. The van der Waals surface area contributed by atoms with Gasteiger partial charge < -0.3 is 9.80 Å². The quantitative estimate of drug-likeness (QED) is 0.833. The van der Waals surface area contributed by atoms with Crippen molar-refractivity contribution in [1.29, 1.82) is 0 Å². The summed E-state index contributed by atoms with van der Waals surface area (Å²) in [5.41, 5.74) is 2.94. The van der Waals surface area contributed by atoms with Gasteiger partial charge in [-0.15, -0.1) is 0 Å². The van der Waals surface area contributed by atoms with Crippen LogP contribution in [-0.4, -0.2) is 58.7 Å². The summed E-state index contributed by atoms with van der Waals surface area (Å²) in [6.07, 6.45) is 3.18. The van der Waals surface area contributed by atoms with Gasteiger partial charge in [0.15, 0.2) is 5.69 Å². The number of hydrogen-bond acceptors (Lipinski definition) is 3. The van der Waals surface area contributed by atoms with Crippen LogP contribution in [0.2, 0.25) is 0 Å². The summed E-state index contributed by atoms with van der Waals surface area (Å²) >= 11 is 0. The van der Waals surface area contributed by atoms with Crippen molar-refractivity contribution in [3.63, 3.8) is 0 Å². The Bertz CT molecular complexity index is 487. The molecular formula is C16H28N4O. The summed E-state index contributed by atoms with van der Waals surface area (Å²) in [6, 6.07) is 0. The molecule has 0 aromatic carbocycles. The summed E-state index contributed by atoms with van der Waals surface area (Å²) in [5, 5.41) is 4.62. The fourth-order valence-corrected chi connectivity index (χ4v) is 2.89. The lowest BCUT2D eigenvalue weighted by atomic mass is 10.1. The van der Waals surface area contributed by atoms with E-state index in [0.717, 1.165) is 57.5 Å². The Hall–Kier alpha value is -1.36. The van der Waals surface area contributed by atoms with Gasteiger partial charge in [-0.05, 0) is 26.8 Å². The van der Waals surface area contributed by atoms with Crippen LogP contribution in [0.4, 0.5) is 0 Å². The third kappa shape index (κ3) is 3.46. The summed E-state index contributed by atoms with van der Waals surface area (Å²) in [7, 11) is 2.10. The third-order valence-corrected chi connectivity index (χ3v) is 4.37. The molecule has 5 nitrogen and oxygen atoms in total. The molecule has 1 aromatic rings. The van der Waals surface area contributed by atoms with Crippen LogP contribution in [0.1, 0.15) is 48.4 Å². The van der Waals surface area contributed by atoms with Crippen molar-refractivity contribution in [2.24, 2.45) is 0 Å². The summed E-state index contributed by atoms with van der Waals surface area (Å²) in [4.78, 5) is 16.9. The van der Waals surface area contributed by atoms with Gasteiger partial charge in [0.25, 0.3) is 5.91 Å². The molecule has 0 atom stereocenters. The molecule has 0 aliphatic carbocycles. The van der Waals surface area contributed by atoms with Crippen molar-refractivity contribution in [3.05, 3.63) is 17.0 Å². The largest absolute Gasteiger partial charge is 0.335 e.